The molecule has 0 spiro atoms. The van der Waals surface area contributed by atoms with Crippen molar-refractivity contribution in [3.05, 3.63) is 189 Å². The zero-order valence-electron chi connectivity index (χ0n) is 37.5. The number of carbonyl (C=O) groups is 3. The minimum absolute atomic E-state index is 0.0754. The van der Waals surface area contributed by atoms with Gasteiger partial charge in [-0.15, -0.1) is 0 Å². The van der Waals surface area contributed by atoms with Crippen LogP contribution in [-0.4, -0.2) is 75.2 Å². The van der Waals surface area contributed by atoms with Gasteiger partial charge >= 0.3 is 6.18 Å². The fourth-order valence-electron chi connectivity index (χ4n) is 7.66. The van der Waals surface area contributed by atoms with E-state index >= 15 is 0 Å². The van der Waals surface area contributed by atoms with Gasteiger partial charge in [0.15, 0.2) is 0 Å². The van der Waals surface area contributed by atoms with Crippen molar-refractivity contribution in [1.29, 1.82) is 0 Å². The van der Waals surface area contributed by atoms with Crippen LogP contribution in [0, 0.1) is 0 Å². The molecular formula is C52H52Cl2F3N7O5. The molecule has 9 rings (SSSR count). The van der Waals surface area contributed by atoms with E-state index in [1.165, 1.54) is 5.56 Å². The van der Waals surface area contributed by atoms with Crippen LogP contribution in [0.25, 0.3) is 0 Å². The zero-order chi connectivity index (χ0) is 48.6. The van der Waals surface area contributed by atoms with Crippen molar-refractivity contribution in [1.82, 2.24) is 20.9 Å². The highest BCUT2D eigenvalue weighted by molar-refractivity contribution is 6.31. The maximum Gasteiger partial charge on any atom is 0.433 e. The quantitative estimate of drug-likeness (QED) is 0.0831. The molecule has 0 aliphatic carbocycles. The van der Waals surface area contributed by atoms with E-state index in [9.17, 15) is 27.6 Å². The lowest BCUT2D eigenvalue weighted by Crippen LogP contribution is -2.33. The number of ether oxygens (including phenoxy) is 2. The molecule has 3 aliphatic rings. The zero-order valence-corrected chi connectivity index (χ0v) is 39.0. The Morgan fingerprint density at radius 2 is 1.00 bits per heavy atom. The van der Waals surface area contributed by atoms with Crippen molar-refractivity contribution < 1.29 is 37.0 Å². The minimum atomic E-state index is -4.52. The SMILES string of the molecule is O=C(Nc1ccc([C@@H]2CNCCO2)cc1)c1cccc(Cl)c1.O=C(Nc1ccc([C@H]2CCCNC2)cc1)c1ccc(C(F)(F)F)nc1.O=C(Nc1ccc([C@H]2CNCCO2)cc1)c1cccc(Cl)c1. The largest absolute Gasteiger partial charge is 0.433 e. The van der Waals surface area contributed by atoms with Gasteiger partial charge in [-0.25, -0.2) is 0 Å². The average molecular weight is 983 g/mol. The Bertz CT molecular complexity index is 2490. The second kappa shape index (κ2) is 24.9. The van der Waals surface area contributed by atoms with Crippen LogP contribution in [0.4, 0.5) is 30.2 Å². The van der Waals surface area contributed by atoms with Crippen molar-refractivity contribution in [2.24, 2.45) is 0 Å². The van der Waals surface area contributed by atoms with Crippen LogP contribution in [0.15, 0.2) is 140 Å². The van der Waals surface area contributed by atoms with E-state index < -0.39 is 17.8 Å². The number of aromatic nitrogens is 1. The van der Waals surface area contributed by atoms with Crippen LogP contribution in [-0.2, 0) is 15.7 Å². The normalized spacial score (nSPS) is 18.0. The molecule has 3 amide bonds. The molecule has 3 fully saturated rings. The fourth-order valence-corrected chi connectivity index (χ4v) is 8.04. The van der Waals surface area contributed by atoms with Crippen LogP contribution < -0.4 is 31.9 Å². The number of anilines is 3. The van der Waals surface area contributed by atoms with Crippen molar-refractivity contribution in [3.8, 4) is 0 Å². The van der Waals surface area contributed by atoms with E-state index in [2.05, 4.69) is 36.9 Å². The molecule has 17 heteroatoms. The molecule has 6 aromatic rings. The van der Waals surface area contributed by atoms with Gasteiger partial charge in [0.1, 0.15) is 5.69 Å². The first-order chi connectivity index (χ1) is 33.4. The summed E-state index contributed by atoms with van der Waals surface area (Å²) in [6, 6.07) is 38.7. The number of morpholine rings is 2. The number of carbonyl (C=O) groups excluding carboxylic acids is 3. The summed E-state index contributed by atoms with van der Waals surface area (Å²) in [5, 5.41) is 19.4. The monoisotopic (exact) mass is 981 g/mol. The highest BCUT2D eigenvalue weighted by Crippen LogP contribution is 2.28. The van der Waals surface area contributed by atoms with E-state index in [0.29, 0.717) is 32.8 Å². The smallest absolute Gasteiger partial charge is 0.371 e. The molecule has 3 atom stereocenters. The molecule has 5 aromatic carbocycles. The van der Waals surface area contributed by atoms with Crippen molar-refractivity contribution in [2.45, 2.75) is 37.1 Å². The van der Waals surface area contributed by atoms with Gasteiger partial charge in [0.25, 0.3) is 17.7 Å². The van der Waals surface area contributed by atoms with E-state index in [1.807, 2.05) is 60.7 Å². The standard InChI is InChI=1S/C18H18F3N3O.2C17H17ClN2O2/c19-18(20,21)16-8-5-14(11-23-16)17(25)24-15-6-3-12(4-7-15)13-2-1-9-22-10-13;2*18-14-3-1-2-13(10-14)17(21)20-15-6-4-12(5-7-15)16-11-19-8-9-22-16/h3-8,11,13,22H,1-2,9-10H2,(H,24,25);2*1-7,10,16,19H,8-9,11H2,(H,20,21)/t13-;2*16-/m010/s1. The van der Waals surface area contributed by atoms with Crippen molar-refractivity contribution in [3.63, 3.8) is 0 Å². The van der Waals surface area contributed by atoms with Gasteiger partial charge in [-0.2, -0.15) is 13.2 Å². The summed E-state index contributed by atoms with van der Waals surface area (Å²) in [6.07, 6.45) is -1.16. The lowest BCUT2D eigenvalue weighted by Gasteiger charge is -2.24. The predicted molar refractivity (Wildman–Crippen MR) is 263 cm³/mol. The first-order valence-corrected chi connectivity index (χ1v) is 23.3. The number of pyridine rings is 1. The van der Waals surface area contributed by atoms with Gasteiger partial charge < -0.3 is 41.4 Å². The van der Waals surface area contributed by atoms with Gasteiger partial charge in [0, 0.05) is 77.2 Å². The number of rotatable bonds is 9. The van der Waals surface area contributed by atoms with E-state index in [1.54, 1.807) is 60.7 Å². The third kappa shape index (κ3) is 15.4. The lowest BCUT2D eigenvalue weighted by molar-refractivity contribution is -0.141. The highest BCUT2D eigenvalue weighted by Gasteiger charge is 2.32. The number of hydrogen-bond donors (Lipinski definition) is 6. The van der Waals surface area contributed by atoms with Crippen LogP contribution in [0.2, 0.25) is 10.0 Å². The topological polar surface area (TPSA) is 155 Å². The summed E-state index contributed by atoms with van der Waals surface area (Å²) in [7, 11) is 0. The number of nitrogens with one attached hydrogen (secondary N) is 6. The molecule has 3 aliphatic heterocycles. The summed E-state index contributed by atoms with van der Waals surface area (Å²) >= 11 is 11.8. The number of hydrogen-bond acceptors (Lipinski definition) is 9. The van der Waals surface area contributed by atoms with E-state index in [0.717, 1.165) is 106 Å². The number of benzene rings is 5. The average Bonchev–Trinajstić information content (AvgIpc) is 3.38. The van der Waals surface area contributed by atoms with Gasteiger partial charge in [0.05, 0.1) is 31.0 Å². The summed E-state index contributed by atoms with van der Waals surface area (Å²) in [5.41, 5.74) is 5.64. The second-order valence-corrected chi connectivity index (χ2v) is 17.2. The van der Waals surface area contributed by atoms with Crippen LogP contribution in [0.1, 0.15) is 84.4 Å². The molecule has 12 nitrogen and oxygen atoms in total. The molecule has 0 bridgehead atoms. The molecule has 3 saturated heterocycles. The number of alkyl halides is 3. The summed E-state index contributed by atoms with van der Waals surface area (Å²) in [4.78, 5) is 39.7. The minimum Gasteiger partial charge on any atom is -0.371 e. The summed E-state index contributed by atoms with van der Waals surface area (Å²) < 4.78 is 48.9. The number of piperidine rings is 1. The van der Waals surface area contributed by atoms with Crippen LogP contribution >= 0.6 is 23.2 Å². The summed E-state index contributed by atoms with van der Waals surface area (Å²) in [5.74, 6) is -0.373. The van der Waals surface area contributed by atoms with Gasteiger partial charge in [-0.05, 0) is 127 Å². The van der Waals surface area contributed by atoms with Crippen LogP contribution in [0.5, 0.6) is 0 Å². The van der Waals surface area contributed by atoms with Gasteiger partial charge in [0.2, 0.25) is 0 Å². The van der Waals surface area contributed by atoms with Crippen LogP contribution in [0.3, 0.4) is 0 Å². The lowest BCUT2D eigenvalue weighted by atomic mass is 9.91. The van der Waals surface area contributed by atoms with Crippen molar-refractivity contribution in [2.75, 3.05) is 68.4 Å². The number of halogens is 5. The summed E-state index contributed by atoms with van der Waals surface area (Å²) in [6.45, 7) is 6.85. The fraction of sp³-hybridized carbons (Fsp3) is 0.269. The van der Waals surface area contributed by atoms with E-state index in [4.69, 9.17) is 32.7 Å². The first kappa shape index (κ1) is 50.7. The molecule has 1 aromatic heterocycles. The molecule has 0 unspecified atom stereocenters. The molecule has 69 heavy (non-hydrogen) atoms. The molecule has 0 saturated carbocycles. The Balaban J connectivity index is 0.000000153. The molecule has 0 radical (unpaired) electrons. The Hall–Kier alpha value is -6.17. The Kier molecular flexibility index (Phi) is 18.3. The highest BCUT2D eigenvalue weighted by atomic mass is 35.5. The Morgan fingerprint density at radius 3 is 1.38 bits per heavy atom. The number of nitrogens with zero attached hydrogens (tertiary/aromatic N) is 1. The number of amides is 3. The first-order valence-electron chi connectivity index (χ1n) is 22.5. The van der Waals surface area contributed by atoms with E-state index in [-0.39, 0.29) is 29.6 Å². The van der Waals surface area contributed by atoms with Gasteiger partial charge in [-0.3, -0.25) is 19.4 Å². The molecule has 4 heterocycles. The second-order valence-electron chi connectivity index (χ2n) is 16.3. The van der Waals surface area contributed by atoms with Gasteiger partial charge in [-0.1, -0.05) is 71.7 Å². The molecule has 6 N–H and O–H groups in total. The third-order valence-corrected chi connectivity index (χ3v) is 11.8. The predicted octanol–water partition coefficient (Wildman–Crippen LogP) is 10.3. The Morgan fingerprint density at radius 1 is 0.551 bits per heavy atom. The third-order valence-electron chi connectivity index (χ3n) is 11.4. The maximum atomic E-state index is 12.5. The van der Waals surface area contributed by atoms with Crippen molar-refractivity contribution >= 4 is 58.0 Å². The maximum absolute atomic E-state index is 12.5. The molecular weight excluding hydrogens is 931 g/mol. The molecule has 360 valence electrons. The Labute approximate surface area is 408 Å².